The van der Waals surface area contributed by atoms with Crippen LogP contribution in [0.2, 0.25) is 0 Å². The maximum Gasteiger partial charge on any atom is 0.264 e. The van der Waals surface area contributed by atoms with Gasteiger partial charge in [-0.2, -0.15) is 5.10 Å². The molecule has 1 heterocycles. The van der Waals surface area contributed by atoms with Gasteiger partial charge in [-0.25, -0.2) is 12.8 Å². The summed E-state index contributed by atoms with van der Waals surface area (Å²) in [5.41, 5.74) is 1.08. The molecule has 3 aromatic rings. The largest absolute Gasteiger partial charge is 0.497 e. The number of halogens is 1. The van der Waals surface area contributed by atoms with Crippen molar-refractivity contribution in [2.45, 2.75) is 11.4 Å². The van der Waals surface area contributed by atoms with Crippen LogP contribution in [0.15, 0.2) is 65.8 Å². The first-order chi connectivity index (χ1) is 12.4. The van der Waals surface area contributed by atoms with Crippen molar-refractivity contribution in [1.29, 1.82) is 0 Å². The minimum absolute atomic E-state index is 0.0772. The van der Waals surface area contributed by atoms with E-state index in [0.29, 0.717) is 17.0 Å². The lowest BCUT2D eigenvalue weighted by Gasteiger charge is -2.24. The molecule has 0 atom stereocenters. The van der Waals surface area contributed by atoms with Gasteiger partial charge in [0.05, 0.1) is 30.4 Å². The minimum atomic E-state index is -3.86. The van der Waals surface area contributed by atoms with Gasteiger partial charge in [0.25, 0.3) is 10.0 Å². The van der Waals surface area contributed by atoms with E-state index in [-0.39, 0.29) is 11.4 Å². The quantitative estimate of drug-likeness (QED) is 0.664. The van der Waals surface area contributed by atoms with Crippen molar-refractivity contribution in [3.05, 3.63) is 72.3 Å². The van der Waals surface area contributed by atoms with Crippen LogP contribution < -0.4 is 9.04 Å². The van der Waals surface area contributed by atoms with E-state index < -0.39 is 15.8 Å². The lowest BCUT2D eigenvalue weighted by atomic mass is 10.3. The van der Waals surface area contributed by atoms with Crippen molar-refractivity contribution in [3.63, 3.8) is 0 Å². The summed E-state index contributed by atoms with van der Waals surface area (Å²) in [6.07, 6.45) is 3.33. The van der Waals surface area contributed by atoms with Crippen molar-refractivity contribution in [1.82, 2.24) is 9.78 Å². The van der Waals surface area contributed by atoms with E-state index in [0.717, 1.165) is 0 Å². The van der Waals surface area contributed by atoms with Crippen LogP contribution in [0.5, 0.6) is 5.75 Å². The van der Waals surface area contributed by atoms with Gasteiger partial charge in [0.1, 0.15) is 11.6 Å². The zero-order chi connectivity index (χ0) is 18.7. The van der Waals surface area contributed by atoms with Crippen LogP contribution in [0.3, 0.4) is 0 Å². The zero-order valence-electron chi connectivity index (χ0n) is 14.3. The van der Waals surface area contributed by atoms with Gasteiger partial charge in [-0.05, 0) is 48.5 Å². The Hall–Kier alpha value is -2.87. The zero-order valence-corrected chi connectivity index (χ0v) is 15.1. The molecule has 136 valence electrons. The summed E-state index contributed by atoms with van der Waals surface area (Å²) in [7, 11) is -0.598. The van der Waals surface area contributed by atoms with Gasteiger partial charge in [-0.3, -0.25) is 8.99 Å². The molecule has 1 aromatic heterocycles. The third kappa shape index (κ3) is 3.70. The number of anilines is 1. The summed E-state index contributed by atoms with van der Waals surface area (Å²) in [6, 6.07) is 11.5. The molecule has 0 N–H and O–H groups in total. The summed E-state index contributed by atoms with van der Waals surface area (Å²) in [6.45, 7) is 0.0772. The Bertz CT molecular complexity index is 983. The summed E-state index contributed by atoms with van der Waals surface area (Å²) in [4.78, 5) is 0.117. The van der Waals surface area contributed by atoms with Gasteiger partial charge >= 0.3 is 0 Å². The van der Waals surface area contributed by atoms with Crippen molar-refractivity contribution < 1.29 is 17.5 Å². The van der Waals surface area contributed by atoms with Crippen LogP contribution in [0, 0.1) is 5.82 Å². The molecule has 0 saturated heterocycles. The second kappa shape index (κ2) is 7.17. The first kappa shape index (κ1) is 17.9. The second-order valence-electron chi connectivity index (χ2n) is 5.69. The van der Waals surface area contributed by atoms with E-state index in [2.05, 4.69) is 5.10 Å². The number of rotatable bonds is 6. The lowest BCUT2D eigenvalue weighted by molar-refractivity contribution is 0.414. The SMILES string of the molecule is COc1ccc(S(=O)(=O)N(Cc2cnn(C)c2)c2ccc(F)cc2)cc1. The Morgan fingerprint density at radius 2 is 1.77 bits per heavy atom. The number of hydrogen-bond donors (Lipinski definition) is 0. The van der Waals surface area contributed by atoms with Gasteiger partial charge in [0, 0.05) is 18.8 Å². The maximum atomic E-state index is 13.3. The van der Waals surface area contributed by atoms with Crippen LogP contribution >= 0.6 is 0 Å². The Balaban J connectivity index is 2.03. The summed E-state index contributed by atoms with van der Waals surface area (Å²) >= 11 is 0. The fraction of sp³-hybridized carbons (Fsp3) is 0.167. The molecule has 0 aliphatic rings. The van der Waals surface area contributed by atoms with Gasteiger partial charge in [0.2, 0.25) is 0 Å². The number of hydrogen-bond acceptors (Lipinski definition) is 4. The predicted molar refractivity (Wildman–Crippen MR) is 96.0 cm³/mol. The topological polar surface area (TPSA) is 64.4 Å². The number of sulfonamides is 1. The van der Waals surface area contributed by atoms with Gasteiger partial charge in [-0.15, -0.1) is 0 Å². The molecular formula is C18H18FN3O3S. The van der Waals surface area contributed by atoms with Crippen molar-refractivity contribution >= 4 is 15.7 Å². The Morgan fingerprint density at radius 3 is 2.31 bits per heavy atom. The minimum Gasteiger partial charge on any atom is -0.497 e. The molecule has 6 nitrogen and oxygen atoms in total. The number of benzene rings is 2. The fourth-order valence-corrected chi connectivity index (χ4v) is 3.97. The molecule has 2 aromatic carbocycles. The highest BCUT2D eigenvalue weighted by atomic mass is 32.2. The van der Waals surface area contributed by atoms with Crippen LogP contribution in [-0.2, 0) is 23.6 Å². The molecule has 0 aliphatic heterocycles. The number of ether oxygens (including phenoxy) is 1. The third-order valence-electron chi connectivity index (χ3n) is 3.85. The molecule has 0 spiro atoms. The molecular weight excluding hydrogens is 357 g/mol. The number of nitrogens with zero attached hydrogens (tertiary/aromatic N) is 3. The number of methoxy groups -OCH3 is 1. The normalized spacial score (nSPS) is 11.3. The Morgan fingerprint density at radius 1 is 1.12 bits per heavy atom. The standard InChI is InChI=1S/C18H18FN3O3S/c1-21-12-14(11-20-21)13-22(16-5-3-15(19)4-6-16)26(23,24)18-9-7-17(25-2)8-10-18/h3-12H,13H2,1-2H3. The lowest BCUT2D eigenvalue weighted by Crippen LogP contribution is -2.30. The smallest absolute Gasteiger partial charge is 0.264 e. The maximum absolute atomic E-state index is 13.3. The monoisotopic (exact) mass is 375 g/mol. The van der Waals surface area contributed by atoms with E-state index in [9.17, 15) is 12.8 Å². The summed E-state index contributed by atoms with van der Waals surface area (Å²) < 4.78 is 47.6. The molecule has 0 bridgehead atoms. The van der Waals surface area contributed by atoms with Gasteiger partial charge < -0.3 is 4.74 Å². The average Bonchev–Trinajstić information content (AvgIpc) is 3.05. The highest BCUT2D eigenvalue weighted by Crippen LogP contribution is 2.27. The highest BCUT2D eigenvalue weighted by molar-refractivity contribution is 7.92. The molecule has 8 heteroatoms. The van der Waals surface area contributed by atoms with E-state index in [1.807, 2.05) is 0 Å². The highest BCUT2D eigenvalue weighted by Gasteiger charge is 2.25. The predicted octanol–water partition coefficient (Wildman–Crippen LogP) is 2.96. The molecule has 0 saturated carbocycles. The molecule has 0 unspecified atom stereocenters. The second-order valence-corrected chi connectivity index (χ2v) is 7.55. The molecule has 0 amide bonds. The van der Waals surface area contributed by atoms with Crippen molar-refractivity contribution in [2.24, 2.45) is 7.05 Å². The molecule has 0 fully saturated rings. The number of aryl methyl sites for hydroxylation is 1. The van der Waals surface area contributed by atoms with Crippen molar-refractivity contribution in [2.75, 3.05) is 11.4 Å². The van der Waals surface area contributed by atoms with E-state index in [4.69, 9.17) is 4.74 Å². The Labute approximate surface area is 151 Å². The molecule has 3 rings (SSSR count). The number of aromatic nitrogens is 2. The molecule has 26 heavy (non-hydrogen) atoms. The van der Waals surface area contributed by atoms with E-state index >= 15 is 0 Å². The third-order valence-corrected chi connectivity index (χ3v) is 5.63. The van der Waals surface area contributed by atoms with Crippen molar-refractivity contribution in [3.8, 4) is 5.75 Å². The van der Waals surface area contributed by atoms with Crippen LogP contribution in [0.4, 0.5) is 10.1 Å². The van der Waals surface area contributed by atoms with Gasteiger partial charge in [0.15, 0.2) is 0 Å². The fourth-order valence-electron chi connectivity index (χ4n) is 2.52. The first-order valence-electron chi connectivity index (χ1n) is 7.80. The Kier molecular flexibility index (Phi) is 4.94. The van der Waals surface area contributed by atoms with Crippen LogP contribution in [-0.4, -0.2) is 25.3 Å². The molecule has 0 aliphatic carbocycles. The van der Waals surface area contributed by atoms with E-state index in [1.54, 1.807) is 36.3 Å². The molecule has 0 radical (unpaired) electrons. The van der Waals surface area contributed by atoms with Crippen LogP contribution in [0.1, 0.15) is 5.56 Å². The van der Waals surface area contributed by atoms with E-state index in [1.165, 1.54) is 47.8 Å². The van der Waals surface area contributed by atoms with Crippen LogP contribution in [0.25, 0.3) is 0 Å². The first-order valence-corrected chi connectivity index (χ1v) is 9.24. The average molecular weight is 375 g/mol. The summed E-state index contributed by atoms with van der Waals surface area (Å²) in [5, 5.41) is 4.07. The van der Waals surface area contributed by atoms with Gasteiger partial charge in [-0.1, -0.05) is 0 Å². The summed E-state index contributed by atoms with van der Waals surface area (Å²) in [5.74, 6) is 0.126.